The van der Waals surface area contributed by atoms with Crippen LogP contribution in [0.1, 0.15) is 63.8 Å². The first-order valence-corrected chi connectivity index (χ1v) is 11.2. The zero-order chi connectivity index (χ0) is 21.5. The van der Waals surface area contributed by atoms with E-state index in [0.29, 0.717) is 0 Å². The van der Waals surface area contributed by atoms with Crippen LogP contribution in [-0.2, 0) is 23.7 Å². The van der Waals surface area contributed by atoms with Crippen LogP contribution in [0.25, 0.3) is 0 Å². The lowest BCUT2D eigenvalue weighted by Gasteiger charge is -2.25. The molecule has 0 heterocycles. The van der Waals surface area contributed by atoms with Crippen molar-refractivity contribution in [2.45, 2.75) is 65.2 Å². The Hall–Kier alpha value is -2.60. The highest BCUT2D eigenvalue weighted by Gasteiger charge is 2.30. The van der Waals surface area contributed by atoms with Crippen LogP contribution in [0.5, 0.6) is 0 Å². The van der Waals surface area contributed by atoms with E-state index in [1.165, 1.54) is 44.5 Å². The first-order valence-electron chi connectivity index (χ1n) is 11.2. The molecule has 2 aromatic rings. The zero-order valence-corrected chi connectivity index (χ0v) is 19.3. The molecule has 4 rings (SSSR count). The molecule has 0 bridgehead atoms. The molecule has 0 N–H and O–H groups in total. The van der Waals surface area contributed by atoms with E-state index in [-0.39, 0.29) is 10.8 Å². The van der Waals surface area contributed by atoms with E-state index in [0.717, 1.165) is 12.8 Å². The van der Waals surface area contributed by atoms with Gasteiger partial charge in [-0.15, -0.1) is 0 Å². The van der Waals surface area contributed by atoms with Crippen molar-refractivity contribution >= 4 is 0 Å². The highest BCUT2D eigenvalue weighted by molar-refractivity contribution is 5.51. The van der Waals surface area contributed by atoms with Gasteiger partial charge in [-0.25, -0.2) is 0 Å². The Morgan fingerprint density at radius 2 is 0.867 bits per heavy atom. The summed E-state index contributed by atoms with van der Waals surface area (Å²) in [5, 5.41) is 0. The normalized spacial score (nSPS) is 25.7. The number of allylic oxidation sites excluding steroid dienone is 8. The van der Waals surface area contributed by atoms with Gasteiger partial charge in [0.05, 0.1) is 0 Å². The van der Waals surface area contributed by atoms with Crippen molar-refractivity contribution in [3.05, 3.63) is 117 Å². The van der Waals surface area contributed by atoms with Crippen molar-refractivity contribution in [2.75, 3.05) is 0 Å². The molecule has 0 spiro atoms. The largest absolute Gasteiger partial charge is 0.0673 e. The lowest BCUT2D eigenvalue weighted by molar-refractivity contribution is 0.714. The van der Waals surface area contributed by atoms with Gasteiger partial charge in [-0.2, -0.15) is 0 Å². The minimum atomic E-state index is 0.0498. The summed E-state index contributed by atoms with van der Waals surface area (Å²) in [6.45, 7) is 13.5. The second kappa shape index (κ2) is 7.58. The molecule has 0 heteroatoms. The Balaban J connectivity index is 1.42. The predicted octanol–water partition coefficient (Wildman–Crippen LogP) is 7.80. The van der Waals surface area contributed by atoms with Crippen molar-refractivity contribution in [3.8, 4) is 0 Å². The molecule has 0 saturated carbocycles. The maximum Gasteiger partial charge on any atom is 0.0319 e. The number of aryl methyl sites for hydroxylation is 2. The third-order valence-corrected chi connectivity index (χ3v) is 7.37. The minimum absolute atomic E-state index is 0.0498. The number of hydrogen-bond donors (Lipinski definition) is 0. The lowest BCUT2D eigenvalue weighted by atomic mass is 9.78. The molecule has 0 amide bonds. The van der Waals surface area contributed by atoms with E-state index in [1.807, 2.05) is 0 Å². The third kappa shape index (κ3) is 3.65. The van der Waals surface area contributed by atoms with Gasteiger partial charge in [-0.05, 0) is 76.6 Å². The Morgan fingerprint density at radius 1 is 0.533 bits per heavy atom. The second-order valence-corrected chi connectivity index (χ2v) is 9.73. The Labute approximate surface area is 182 Å². The van der Waals surface area contributed by atoms with Gasteiger partial charge in [0.25, 0.3) is 0 Å². The van der Waals surface area contributed by atoms with Crippen LogP contribution in [0.2, 0.25) is 0 Å². The molecule has 0 fully saturated rings. The van der Waals surface area contributed by atoms with Gasteiger partial charge in [-0.3, -0.25) is 0 Å². The van der Waals surface area contributed by atoms with Crippen molar-refractivity contribution < 1.29 is 0 Å². The average molecular weight is 395 g/mol. The first kappa shape index (κ1) is 20.7. The van der Waals surface area contributed by atoms with Crippen LogP contribution in [0, 0.1) is 0 Å². The molecule has 2 aliphatic rings. The minimum Gasteiger partial charge on any atom is -0.0673 e. The summed E-state index contributed by atoms with van der Waals surface area (Å²) in [5.74, 6) is 0. The Kier molecular flexibility index (Phi) is 5.22. The van der Waals surface area contributed by atoms with Gasteiger partial charge in [0, 0.05) is 10.8 Å². The molecular weight excluding hydrogens is 360 g/mol. The first-order chi connectivity index (χ1) is 14.2. The molecule has 30 heavy (non-hydrogen) atoms. The van der Waals surface area contributed by atoms with Gasteiger partial charge < -0.3 is 0 Å². The molecule has 0 radical (unpaired) electrons. The Morgan fingerprint density at radius 3 is 1.13 bits per heavy atom. The summed E-state index contributed by atoms with van der Waals surface area (Å²) >= 11 is 0. The van der Waals surface area contributed by atoms with E-state index in [4.69, 9.17) is 0 Å². The number of hydrogen-bond acceptors (Lipinski definition) is 0. The molecule has 2 atom stereocenters. The van der Waals surface area contributed by atoms with E-state index < -0.39 is 0 Å². The van der Waals surface area contributed by atoms with Crippen LogP contribution in [0.4, 0.5) is 0 Å². The van der Waals surface area contributed by atoms with Gasteiger partial charge >= 0.3 is 0 Å². The molecule has 2 aliphatic carbocycles. The van der Waals surface area contributed by atoms with Gasteiger partial charge in [0.2, 0.25) is 0 Å². The molecule has 0 saturated heterocycles. The molecule has 2 unspecified atom stereocenters. The maximum atomic E-state index is 2.39. The summed E-state index contributed by atoms with van der Waals surface area (Å²) in [6.07, 6.45) is 11.5. The fourth-order valence-electron chi connectivity index (χ4n) is 5.15. The fourth-order valence-corrected chi connectivity index (χ4v) is 5.15. The summed E-state index contributed by atoms with van der Waals surface area (Å²) in [7, 11) is 0. The number of rotatable bonds is 5. The predicted molar refractivity (Wildman–Crippen MR) is 130 cm³/mol. The Bertz CT molecular complexity index is 980. The second-order valence-electron chi connectivity index (χ2n) is 9.73. The van der Waals surface area contributed by atoms with E-state index in [9.17, 15) is 0 Å². The van der Waals surface area contributed by atoms with E-state index in [1.54, 1.807) is 0 Å². The smallest absolute Gasteiger partial charge is 0.0319 e. The van der Waals surface area contributed by atoms with Crippen molar-refractivity contribution in [3.63, 3.8) is 0 Å². The fraction of sp³-hybridized carbons (Fsp3) is 0.333. The van der Waals surface area contributed by atoms with Crippen LogP contribution in [-0.4, -0.2) is 0 Å². The molecule has 0 aliphatic heterocycles. The van der Waals surface area contributed by atoms with Crippen LogP contribution in [0.3, 0.4) is 0 Å². The SMILES string of the molecule is CC1=CC(C)(c2ccc(CCc3ccc(C4(C)C=C(C)C=C4C)cc3)cc2)C(C)=C1. The molecule has 2 aromatic carbocycles. The summed E-state index contributed by atoms with van der Waals surface area (Å²) in [6, 6.07) is 18.5. The summed E-state index contributed by atoms with van der Waals surface area (Å²) in [4.78, 5) is 0. The van der Waals surface area contributed by atoms with Crippen LogP contribution in [0.15, 0.2) is 95.1 Å². The van der Waals surface area contributed by atoms with E-state index >= 15 is 0 Å². The van der Waals surface area contributed by atoms with Crippen LogP contribution >= 0.6 is 0 Å². The van der Waals surface area contributed by atoms with E-state index in [2.05, 4.69) is 114 Å². The van der Waals surface area contributed by atoms with Crippen molar-refractivity contribution in [1.29, 1.82) is 0 Å². The molecule has 0 nitrogen and oxygen atoms in total. The van der Waals surface area contributed by atoms with Crippen LogP contribution < -0.4 is 0 Å². The molecular formula is C30H34. The van der Waals surface area contributed by atoms with Gasteiger partial charge in [0.15, 0.2) is 0 Å². The lowest BCUT2D eigenvalue weighted by Crippen LogP contribution is -2.18. The highest BCUT2D eigenvalue weighted by atomic mass is 14.3. The summed E-state index contributed by atoms with van der Waals surface area (Å²) in [5.41, 5.74) is 11.3. The van der Waals surface area contributed by atoms with Gasteiger partial charge in [0.1, 0.15) is 0 Å². The maximum absolute atomic E-state index is 2.39. The highest BCUT2D eigenvalue weighted by Crippen LogP contribution is 2.40. The summed E-state index contributed by atoms with van der Waals surface area (Å²) < 4.78 is 0. The quantitative estimate of drug-likeness (QED) is 0.485. The average Bonchev–Trinajstić information content (AvgIpc) is 3.14. The molecule has 154 valence electrons. The topological polar surface area (TPSA) is 0 Å². The monoisotopic (exact) mass is 394 g/mol. The third-order valence-electron chi connectivity index (χ3n) is 7.37. The van der Waals surface area contributed by atoms with Crippen molar-refractivity contribution in [2.24, 2.45) is 0 Å². The molecule has 0 aromatic heterocycles. The standard InChI is InChI=1S/C30H34/c1-21-17-23(3)29(5,19-21)27-13-9-25(10-14-27)7-8-26-11-15-28(16-12-26)30(6)20-22(2)18-24(30)4/h9-20H,7-8H2,1-6H3. The van der Waals surface area contributed by atoms with Gasteiger partial charge in [-0.1, -0.05) is 95.1 Å². The zero-order valence-electron chi connectivity index (χ0n) is 19.3. The number of benzene rings is 2. The van der Waals surface area contributed by atoms with Crippen molar-refractivity contribution in [1.82, 2.24) is 0 Å².